The third-order valence-electron chi connectivity index (χ3n) is 3.59. The minimum absolute atomic E-state index is 0.579. The predicted molar refractivity (Wildman–Crippen MR) is 86.5 cm³/mol. The quantitative estimate of drug-likeness (QED) is 0.908. The number of aryl methyl sites for hydroxylation is 1. The van der Waals surface area contributed by atoms with Crippen molar-refractivity contribution in [3.8, 4) is 10.6 Å². The van der Waals surface area contributed by atoms with Crippen LogP contribution in [0.25, 0.3) is 10.6 Å². The number of nitrogens with zero attached hydrogens (tertiary/aromatic N) is 3. The lowest BCUT2D eigenvalue weighted by atomic mass is 10.1. The molecule has 108 valence electrons. The van der Waals surface area contributed by atoms with Crippen LogP contribution in [-0.4, -0.2) is 40.9 Å². The van der Waals surface area contributed by atoms with Gasteiger partial charge in [0.05, 0.1) is 5.56 Å². The maximum absolute atomic E-state index is 6.01. The number of hydrogen-bond donors (Lipinski definition) is 2. The minimum Gasteiger partial charge on any atom is -0.382 e. The molecule has 3 N–H and O–H groups in total. The molecule has 0 aliphatic carbocycles. The lowest BCUT2D eigenvalue weighted by Gasteiger charge is -2.12. The Labute approximate surface area is 127 Å². The molecule has 1 aliphatic rings. The number of rotatable bonds is 4. The first-order chi connectivity index (χ1) is 9.63. The number of nitrogens with one attached hydrogen (secondary N) is 1. The first kappa shape index (κ1) is 13.8. The van der Waals surface area contributed by atoms with Crippen molar-refractivity contribution in [1.29, 1.82) is 0 Å². The van der Waals surface area contributed by atoms with E-state index in [2.05, 4.69) is 26.6 Å². The Morgan fingerprint density at radius 3 is 3.05 bits per heavy atom. The van der Waals surface area contributed by atoms with E-state index in [0.717, 1.165) is 34.4 Å². The average Bonchev–Trinajstić information content (AvgIpc) is 3.09. The second-order valence-corrected chi connectivity index (χ2v) is 7.00. The Kier molecular flexibility index (Phi) is 3.91. The van der Waals surface area contributed by atoms with Gasteiger partial charge >= 0.3 is 0 Å². The van der Waals surface area contributed by atoms with E-state index in [1.807, 2.05) is 12.3 Å². The fourth-order valence-corrected chi connectivity index (χ4v) is 4.17. The van der Waals surface area contributed by atoms with Gasteiger partial charge in [0, 0.05) is 24.2 Å². The smallest absolute Gasteiger partial charge is 0.149 e. The molecule has 7 heteroatoms. The maximum Gasteiger partial charge on any atom is 0.149 e. The highest BCUT2D eigenvalue weighted by Crippen LogP contribution is 2.38. The lowest BCUT2D eigenvalue weighted by molar-refractivity contribution is 0.399. The molecule has 2 aromatic rings. The summed E-state index contributed by atoms with van der Waals surface area (Å²) in [7, 11) is 2.18. The van der Waals surface area contributed by atoms with Crippen LogP contribution in [-0.2, 0) is 0 Å². The molecule has 3 heterocycles. The average molecular weight is 309 g/mol. The van der Waals surface area contributed by atoms with Crippen molar-refractivity contribution in [1.82, 2.24) is 14.3 Å². The number of nitrogens with two attached hydrogens (primary N) is 1. The van der Waals surface area contributed by atoms with Crippen LogP contribution in [0.1, 0.15) is 12.1 Å². The largest absolute Gasteiger partial charge is 0.382 e. The van der Waals surface area contributed by atoms with Crippen LogP contribution in [0.3, 0.4) is 0 Å². The fraction of sp³-hybridized carbons (Fsp3) is 0.538. The number of hydrogen-bond acceptors (Lipinski definition) is 7. The van der Waals surface area contributed by atoms with Gasteiger partial charge in [0.15, 0.2) is 0 Å². The highest BCUT2D eigenvalue weighted by Gasteiger charge is 2.21. The second-order valence-electron chi connectivity index (χ2n) is 5.36. The van der Waals surface area contributed by atoms with Gasteiger partial charge in [-0.05, 0) is 44.4 Å². The van der Waals surface area contributed by atoms with Crippen LogP contribution in [0.4, 0.5) is 10.8 Å². The number of thiazole rings is 1. The van der Waals surface area contributed by atoms with E-state index >= 15 is 0 Å². The molecule has 1 aliphatic heterocycles. The first-order valence-corrected chi connectivity index (χ1v) is 8.39. The van der Waals surface area contributed by atoms with Crippen molar-refractivity contribution < 1.29 is 0 Å². The second kappa shape index (κ2) is 5.67. The van der Waals surface area contributed by atoms with Gasteiger partial charge < -0.3 is 16.0 Å². The molecule has 0 radical (unpaired) electrons. The Balaban J connectivity index is 1.74. The Morgan fingerprint density at radius 2 is 2.40 bits per heavy atom. The maximum atomic E-state index is 6.01. The molecule has 1 fully saturated rings. The summed E-state index contributed by atoms with van der Waals surface area (Å²) < 4.78 is 4.28. The van der Waals surface area contributed by atoms with E-state index < -0.39 is 0 Å². The highest BCUT2D eigenvalue weighted by molar-refractivity contribution is 7.15. The summed E-state index contributed by atoms with van der Waals surface area (Å²) in [6.45, 7) is 5.32. The summed E-state index contributed by atoms with van der Waals surface area (Å²) in [5.74, 6) is 1.28. The van der Waals surface area contributed by atoms with E-state index in [1.54, 1.807) is 11.3 Å². The van der Waals surface area contributed by atoms with E-state index in [0.29, 0.717) is 11.7 Å². The van der Waals surface area contributed by atoms with Gasteiger partial charge in [0.2, 0.25) is 0 Å². The molecule has 0 amide bonds. The van der Waals surface area contributed by atoms with E-state index in [4.69, 9.17) is 5.73 Å². The zero-order chi connectivity index (χ0) is 14.1. The SMILES string of the molecule is Cc1csc(-c2c(N)nsc2NCC2CCN(C)C2)n1. The van der Waals surface area contributed by atoms with Crippen LogP contribution >= 0.6 is 22.9 Å². The standard InChI is InChI=1S/C13H19N5S2/c1-8-7-19-13(16-8)10-11(14)17-20-12(10)15-5-9-3-4-18(2)6-9/h7,9,15H,3-6H2,1-2H3,(H2,14,17). The summed E-state index contributed by atoms with van der Waals surface area (Å²) in [5.41, 5.74) is 8.00. The number of likely N-dealkylation sites (tertiary alicyclic amines) is 1. The zero-order valence-corrected chi connectivity index (χ0v) is 13.4. The molecule has 5 nitrogen and oxygen atoms in total. The number of anilines is 2. The van der Waals surface area contributed by atoms with Gasteiger partial charge in [0.25, 0.3) is 0 Å². The van der Waals surface area contributed by atoms with Crippen molar-refractivity contribution in [3.63, 3.8) is 0 Å². The molecule has 0 spiro atoms. The third-order valence-corrected chi connectivity index (χ3v) is 5.39. The van der Waals surface area contributed by atoms with Gasteiger partial charge in [-0.1, -0.05) is 0 Å². The van der Waals surface area contributed by atoms with Crippen molar-refractivity contribution in [3.05, 3.63) is 11.1 Å². The molecule has 0 saturated carbocycles. The van der Waals surface area contributed by atoms with Gasteiger partial charge in [-0.25, -0.2) is 4.98 Å². The summed E-state index contributed by atoms with van der Waals surface area (Å²) in [6, 6.07) is 0. The fourth-order valence-electron chi connectivity index (χ4n) is 2.53. The van der Waals surface area contributed by atoms with Crippen molar-refractivity contribution in [2.45, 2.75) is 13.3 Å². The summed E-state index contributed by atoms with van der Waals surface area (Å²) >= 11 is 3.05. The number of aromatic nitrogens is 2. The summed E-state index contributed by atoms with van der Waals surface area (Å²) in [5, 5.41) is 7.57. The van der Waals surface area contributed by atoms with Crippen molar-refractivity contribution in [2.24, 2.45) is 5.92 Å². The van der Waals surface area contributed by atoms with Crippen LogP contribution < -0.4 is 11.1 Å². The third kappa shape index (κ3) is 2.79. The van der Waals surface area contributed by atoms with Gasteiger partial charge in [-0.15, -0.1) is 11.3 Å². The summed E-state index contributed by atoms with van der Waals surface area (Å²) in [4.78, 5) is 6.90. The molecular formula is C13H19N5S2. The zero-order valence-electron chi connectivity index (χ0n) is 11.7. The molecule has 20 heavy (non-hydrogen) atoms. The van der Waals surface area contributed by atoms with Crippen LogP contribution in [0, 0.1) is 12.8 Å². The first-order valence-electron chi connectivity index (χ1n) is 6.73. The van der Waals surface area contributed by atoms with Gasteiger partial charge in [0.1, 0.15) is 15.8 Å². The van der Waals surface area contributed by atoms with Crippen molar-refractivity contribution in [2.75, 3.05) is 37.7 Å². The highest BCUT2D eigenvalue weighted by atomic mass is 32.1. The molecule has 1 unspecified atom stereocenters. The Morgan fingerprint density at radius 1 is 1.55 bits per heavy atom. The molecule has 1 atom stereocenters. The monoisotopic (exact) mass is 309 g/mol. The van der Waals surface area contributed by atoms with E-state index in [9.17, 15) is 0 Å². The van der Waals surface area contributed by atoms with Crippen LogP contribution in [0.2, 0.25) is 0 Å². The normalized spacial score (nSPS) is 19.6. The summed E-state index contributed by atoms with van der Waals surface area (Å²) in [6.07, 6.45) is 1.25. The Bertz CT molecular complexity index is 591. The number of nitrogen functional groups attached to an aromatic ring is 1. The van der Waals surface area contributed by atoms with E-state index in [-0.39, 0.29) is 0 Å². The van der Waals surface area contributed by atoms with Crippen LogP contribution in [0.5, 0.6) is 0 Å². The molecular weight excluding hydrogens is 290 g/mol. The minimum atomic E-state index is 0.579. The van der Waals surface area contributed by atoms with Crippen LogP contribution in [0.15, 0.2) is 5.38 Å². The van der Waals surface area contributed by atoms with Crippen molar-refractivity contribution >= 4 is 33.7 Å². The van der Waals surface area contributed by atoms with Gasteiger partial charge in [-0.2, -0.15) is 4.37 Å². The lowest BCUT2D eigenvalue weighted by Crippen LogP contribution is -2.19. The van der Waals surface area contributed by atoms with Gasteiger partial charge in [-0.3, -0.25) is 0 Å². The molecule has 0 aromatic carbocycles. The molecule has 2 aromatic heterocycles. The molecule has 0 bridgehead atoms. The molecule has 1 saturated heterocycles. The Hall–Kier alpha value is -1.18. The molecule has 3 rings (SSSR count). The topological polar surface area (TPSA) is 67.1 Å². The predicted octanol–water partition coefficient (Wildman–Crippen LogP) is 2.52. The van der Waals surface area contributed by atoms with E-state index in [1.165, 1.54) is 24.5 Å².